The Morgan fingerprint density at radius 3 is 2.63 bits per heavy atom. The molecule has 2 aliphatic rings. The molecule has 1 atom stereocenters. The molecule has 9 heteroatoms. The molecule has 2 aromatic carbocycles. The maximum atomic E-state index is 11.8. The molecule has 0 aliphatic carbocycles. The van der Waals surface area contributed by atoms with E-state index in [4.69, 9.17) is 21.6 Å². The fraction of sp³-hybridized carbons (Fsp3) is 0.385. The van der Waals surface area contributed by atoms with Crippen molar-refractivity contribution in [1.29, 1.82) is 0 Å². The molecule has 8 nitrogen and oxygen atoms in total. The summed E-state index contributed by atoms with van der Waals surface area (Å²) in [6.07, 6.45) is 1.11. The second-order valence-electron chi connectivity index (χ2n) is 8.90. The smallest absolute Gasteiger partial charge is 0.352 e. The van der Waals surface area contributed by atoms with Crippen LogP contribution >= 0.6 is 11.6 Å². The molecule has 0 spiro atoms. The monoisotopic (exact) mass is 494 g/mol. The highest BCUT2D eigenvalue weighted by Gasteiger charge is 2.22. The van der Waals surface area contributed by atoms with Crippen LogP contribution in [-0.2, 0) is 4.79 Å². The molecule has 0 aromatic heterocycles. The van der Waals surface area contributed by atoms with Crippen molar-refractivity contribution < 1.29 is 9.90 Å². The molecular formula is C26H31ClN6O2. The molecule has 0 amide bonds. The van der Waals surface area contributed by atoms with Crippen molar-refractivity contribution in [2.45, 2.75) is 25.8 Å². The molecule has 1 unspecified atom stereocenters. The minimum atomic E-state index is -1.03. The van der Waals surface area contributed by atoms with Crippen LogP contribution in [0.4, 0.5) is 5.69 Å². The molecular weight excluding hydrogens is 464 g/mol. The van der Waals surface area contributed by atoms with E-state index in [-0.39, 0.29) is 11.8 Å². The Balaban J connectivity index is 1.51. The highest BCUT2D eigenvalue weighted by molar-refractivity contribution is 6.35. The van der Waals surface area contributed by atoms with Gasteiger partial charge in [0.15, 0.2) is 0 Å². The summed E-state index contributed by atoms with van der Waals surface area (Å²) in [5, 5.41) is 14.5. The average Bonchev–Trinajstić information content (AvgIpc) is 2.99. The zero-order chi connectivity index (χ0) is 24.8. The molecule has 2 heterocycles. The standard InChI is InChI=1S/C26H31ClN6O2/c1-18-25(31-30-23(26(34)35)9-6-12-33-15-13-32(2)14-16-33)29-22-11-10-20(27)17-21(22)24(28-18)19-7-4-3-5-8-19/h3-5,7-8,10-11,17-18H,6,9,12-16H2,1-2H3,(H,29,31)(H,34,35)/b30-23+. The van der Waals surface area contributed by atoms with Gasteiger partial charge in [-0.05, 0) is 45.1 Å². The topological polar surface area (TPSA) is 92.9 Å². The molecule has 2 aliphatic heterocycles. The van der Waals surface area contributed by atoms with Crippen LogP contribution < -0.4 is 5.43 Å². The van der Waals surface area contributed by atoms with Crippen LogP contribution in [0.15, 0.2) is 63.6 Å². The number of carbonyl (C=O) groups is 1. The van der Waals surface area contributed by atoms with Crippen LogP contribution in [0.25, 0.3) is 0 Å². The summed E-state index contributed by atoms with van der Waals surface area (Å²) in [4.78, 5) is 26.2. The second kappa shape index (κ2) is 11.6. The highest BCUT2D eigenvalue weighted by Crippen LogP contribution is 2.29. The molecule has 0 radical (unpaired) electrons. The summed E-state index contributed by atoms with van der Waals surface area (Å²) >= 11 is 6.29. The van der Waals surface area contributed by atoms with Gasteiger partial charge in [-0.15, -0.1) is 0 Å². The largest absolute Gasteiger partial charge is 0.477 e. The van der Waals surface area contributed by atoms with E-state index in [1.165, 1.54) is 0 Å². The van der Waals surface area contributed by atoms with E-state index in [9.17, 15) is 9.90 Å². The van der Waals surface area contributed by atoms with Crippen LogP contribution in [0.2, 0.25) is 5.02 Å². The number of piperazine rings is 1. The maximum absolute atomic E-state index is 11.8. The number of hydrogen-bond donors (Lipinski definition) is 2. The molecule has 184 valence electrons. The molecule has 0 bridgehead atoms. The van der Waals surface area contributed by atoms with Gasteiger partial charge in [-0.2, -0.15) is 5.10 Å². The average molecular weight is 495 g/mol. The lowest BCUT2D eigenvalue weighted by Crippen LogP contribution is -2.44. The van der Waals surface area contributed by atoms with E-state index in [0.717, 1.165) is 56.0 Å². The van der Waals surface area contributed by atoms with Crippen molar-refractivity contribution in [3.63, 3.8) is 0 Å². The van der Waals surface area contributed by atoms with E-state index in [1.54, 1.807) is 6.07 Å². The lowest BCUT2D eigenvalue weighted by molar-refractivity contribution is -0.129. The Hall–Kier alpha value is -3.07. The Labute approximate surface area is 211 Å². The number of carboxylic acid groups (broad SMARTS) is 1. The number of amidine groups is 1. The number of hydrogen-bond acceptors (Lipinski definition) is 7. The van der Waals surface area contributed by atoms with Crippen molar-refractivity contribution in [2.24, 2.45) is 15.1 Å². The van der Waals surface area contributed by atoms with Gasteiger partial charge in [-0.1, -0.05) is 41.9 Å². The van der Waals surface area contributed by atoms with Gasteiger partial charge in [0.2, 0.25) is 0 Å². The molecule has 1 fully saturated rings. The number of carboxylic acids is 1. The first kappa shape index (κ1) is 25.0. The third kappa shape index (κ3) is 6.54. The number of fused-ring (bicyclic) bond motifs is 1. The van der Waals surface area contributed by atoms with E-state index in [1.807, 2.05) is 49.4 Å². The van der Waals surface area contributed by atoms with Crippen molar-refractivity contribution in [3.05, 3.63) is 64.7 Å². The lowest BCUT2D eigenvalue weighted by Gasteiger charge is -2.32. The quantitative estimate of drug-likeness (QED) is 0.452. The summed E-state index contributed by atoms with van der Waals surface area (Å²) in [5.74, 6) is -0.546. The number of likely N-dealkylation sites (N-methyl/N-ethyl adjacent to an activating group) is 1. The number of aliphatic imine (C=N–C) groups is 2. The maximum Gasteiger partial charge on any atom is 0.352 e. The van der Waals surface area contributed by atoms with Gasteiger partial charge in [0.25, 0.3) is 0 Å². The fourth-order valence-corrected chi connectivity index (χ4v) is 4.34. The highest BCUT2D eigenvalue weighted by atomic mass is 35.5. The zero-order valence-corrected chi connectivity index (χ0v) is 20.9. The molecule has 35 heavy (non-hydrogen) atoms. The van der Waals surface area contributed by atoms with Gasteiger partial charge in [0.05, 0.1) is 11.4 Å². The van der Waals surface area contributed by atoms with Crippen LogP contribution in [0.5, 0.6) is 0 Å². The first-order valence-corrected chi connectivity index (χ1v) is 12.3. The summed E-state index contributed by atoms with van der Waals surface area (Å²) in [5.41, 5.74) is 6.26. The summed E-state index contributed by atoms with van der Waals surface area (Å²) < 4.78 is 0. The number of nitrogens with one attached hydrogen (secondary N) is 1. The Bertz CT molecular complexity index is 1140. The normalized spacial score (nSPS) is 19.4. The summed E-state index contributed by atoms with van der Waals surface area (Å²) in [7, 11) is 2.12. The first-order valence-electron chi connectivity index (χ1n) is 11.9. The van der Waals surface area contributed by atoms with Gasteiger partial charge in [-0.25, -0.2) is 9.79 Å². The van der Waals surface area contributed by atoms with E-state index < -0.39 is 5.97 Å². The predicted octanol–water partition coefficient (Wildman–Crippen LogP) is 3.67. The Morgan fingerprint density at radius 2 is 1.91 bits per heavy atom. The van der Waals surface area contributed by atoms with Gasteiger partial charge in [0.1, 0.15) is 17.6 Å². The van der Waals surface area contributed by atoms with Crippen LogP contribution in [0.1, 0.15) is 30.9 Å². The SMILES string of the molecule is CC1N=C(c2ccccc2)c2cc(Cl)ccc2N=C1N/N=C(\CCCN1CCN(C)CC1)C(=O)O. The molecule has 1 saturated heterocycles. The number of aliphatic carboxylic acids is 1. The molecule has 2 N–H and O–H groups in total. The summed E-state index contributed by atoms with van der Waals surface area (Å²) in [6.45, 7) is 6.86. The zero-order valence-electron chi connectivity index (χ0n) is 20.1. The third-order valence-corrected chi connectivity index (χ3v) is 6.49. The van der Waals surface area contributed by atoms with Crippen LogP contribution in [0.3, 0.4) is 0 Å². The second-order valence-corrected chi connectivity index (χ2v) is 9.34. The van der Waals surface area contributed by atoms with E-state index >= 15 is 0 Å². The lowest BCUT2D eigenvalue weighted by atomic mass is 10.0. The van der Waals surface area contributed by atoms with Crippen molar-refractivity contribution in [2.75, 3.05) is 39.8 Å². The van der Waals surface area contributed by atoms with Gasteiger partial charge >= 0.3 is 5.97 Å². The van der Waals surface area contributed by atoms with Crippen molar-refractivity contribution in [3.8, 4) is 0 Å². The number of nitrogens with zero attached hydrogens (tertiary/aromatic N) is 5. The minimum absolute atomic E-state index is 0.0851. The van der Waals surface area contributed by atoms with Crippen molar-refractivity contribution in [1.82, 2.24) is 15.2 Å². The van der Waals surface area contributed by atoms with Crippen LogP contribution in [0, 0.1) is 0 Å². The summed E-state index contributed by atoms with van der Waals surface area (Å²) in [6, 6.07) is 15.0. The third-order valence-electron chi connectivity index (χ3n) is 6.26. The van der Waals surface area contributed by atoms with Crippen molar-refractivity contribution >= 4 is 40.5 Å². The number of benzene rings is 2. The van der Waals surface area contributed by atoms with E-state index in [2.05, 4.69) is 27.4 Å². The minimum Gasteiger partial charge on any atom is -0.477 e. The molecule has 0 saturated carbocycles. The fourth-order valence-electron chi connectivity index (χ4n) is 4.16. The van der Waals surface area contributed by atoms with Gasteiger partial charge in [-0.3, -0.25) is 10.4 Å². The molecule has 2 aromatic rings. The van der Waals surface area contributed by atoms with E-state index in [0.29, 0.717) is 23.0 Å². The first-order chi connectivity index (χ1) is 16.9. The number of rotatable bonds is 7. The number of hydrazone groups is 1. The number of halogens is 1. The Kier molecular flexibility index (Phi) is 8.28. The predicted molar refractivity (Wildman–Crippen MR) is 141 cm³/mol. The Morgan fingerprint density at radius 1 is 1.17 bits per heavy atom. The molecule has 4 rings (SSSR count). The van der Waals surface area contributed by atoms with Gasteiger partial charge < -0.3 is 14.9 Å². The van der Waals surface area contributed by atoms with Crippen LogP contribution in [-0.4, -0.2) is 83.9 Å². The van der Waals surface area contributed by atoms with Gasteiger partial charge in [0, 0.05) is 48.7 Å².